The van der Waals surface area contributed by atoms with Crippen LogP contribution < -0.4 is 26.0 Å². The summed E-state index contributed by atoms with van der Waals surface area (Å²) in [7, 11) is 1.38. The number of nitrogens with zero attached hydrogens (tertiary/aromatic N) is 6. The standard InChI is InChI=1S/C25H25N11O6/c1-9(26)42-25-24(31-13(5)40)35-20-18-16(33-22(29-11(3)38)23(34-18)30-12(4)39)14-7-15(28-10(2)37)21(27-8-41-6)32-17(14)19(20)36-25/h7-8,26H,1-6H3,(H,28,37)(H,29,33,38)(H,30,34,39)(H,31,35,40). The van der Waals surface area contributed by atoms with E-state index in [0.29, 0.717) is 5.39 Å². The number of hydrogen-bond acceptors (Lipinski definition) is 13. The third-order valence-electron chi connectivity index (χ3n) is 5.19. The first-order chi connectivity index (χ1) is 19.9. The van der Waals surface area contributed by atoms with Gasteiger partial charge in [-0.25, -0.2) is 24.9 Å². The van der Waals surface area contributed by atoms with Gasteiger partial charge < -0.3 is 30.7 Å². The highest BCUT2D eigenvalue weighted by atomic mass is 16.5. The maximum absolute atomic E-state index is 12.0. The fourth-order valence-corrected chi connectivity index (χ4v) is 3.86. The number of hydrogen-bond donors (Lipinski definition) is 5. The molecule has 17 nitrogen and oxygen atoms in total. The highest BCUT2D eigenvalue weighted by Crippen LogP contribution is 2.39. The smallest absolute Gasteiger partial charge is 0.265 e. The summed E-state index contributed by atoms with van der Waals surface area (Å²) < 4.78 is 10.4. The van der Waals surface area contributed by atoms with Crippen LogP contribution in [0.4, 0.5) is 29.0 Å². The van der Waals surface area contributed by atoms with Gasteiger partial charge in [-0.1, -0.05) is 0 Å². The van der Waals surface area contributed by atoms with Gasteiger partial charge in [-0.15, -0.1) is 0 Å². The molecule has 4 rings (SSSR count). The number of rotatable bonds is 7. The summed E-state index contributed by atoms with van der Waals surface area (Å²) >= 11 is 0. The van der Waals surface area contributed by atoms with Crippen molar-refractivity contribution < 1.29 is 28.7 Å². The number of anilines is 4. The minimum absolute atomic E-state index is 0.0450. The maximum Gasteiger partial charge on any atom is 0.265 e. The lowest BCUT2D eigenvalue weighted by atomic mass is 10.1. The van der Waals surface area contributed by atoms with Crippen LogP contribution in [0.5, 0.6) is 5.88 Å². The Morgan fingerprint density at radius 2 is 1.19 bits per heavy atom. The molecule has 0 aliphatic carbocycles. The number of ether oxygens (including phenoxy) is 2. The van der Waals surface area contributed by atoms with Gasteiger partial charge in [0.1, 0.15) is 27.6 Å². The number of aliphatic imine (C=N–C) groups is 1. The molecule has 5 N–H and O–H groups in total. The molecular weight excluding hydrogens is 550 g/mol. The lowest BCUT2D eigenvalue weighted by molar-refractivity contribution is -0.115. The van der Waals surface area contributed by atoms with Gasteiger partial charge >= 0.3 is 0 Å². The molecule has 4 aromatic rings. The van der Waals surface area contributed by atoms with Crippen molar-refractivity contribution in [3.05, 3.63) is 6.07 Å². The largest absolute Gasteiger partial charge is 0.486 e. The molecule has 0 unspecified atom stereocenters. The van der Waals surface area contributed by atoms with Crippen LogP contribution in [-0.4, -0.2) is 68.0 Å². The minimum atomic E-state index is -0.492. The maximum atomic E-state index is 12.0. The number of carbonyl (C=O) groups excluding carboxylic acids is 4. The molecule has 216 valence electrons. The van der Waals surface area contributed by atoms with Crippen LogP contribution in [0, 0.1) is 5.41 Å². The third-order valence-corrected chi connectivity index (χ3v) is 5.19. The van der Waals surface area contributed by atoms with Crippen molar-refractivity contribution in [2.24, 2.45) is 4.99 Å². The molecule has 0 spiro atoms. The summed E-state index contributed by atoms with van der Waals surface area (Å²) in [5, 5.41) is 18.4. The Balaban J connectivity index is 2.27. The van der Waals surface area contributed by atoms with Crippen molar-refractivity contribution in [1.29, 1.82) is 5.41 Å². The van der Waals surface area contributed by atoms with Crippen LogP contribution >= 0.6 is 0 Å². The Morgan fingerprint density at radius 1 is 0.714 bits per heavy atom. The van der Waals surface area contributed by atoms with Gasteiger partial charge in [-0.05, 0) is 6.07 Å². The zero-order chi connectivity index (χ0) is 30.7. The molecule has 0 fully saturated rings. The van der Waals surface area contributed by atoms with Crippen molar-refractivity contribution in [3.63, 3.8) is 0 Å². The zero-order valence-electron chi connectivity index (χ0n) is 23.3. The van der Waals surface area contributed by atoms with E-state index in [0.717, 1.165) is 6.40 Å². The van der Waals surface area contributed by atoms with Gasteiger partial charge in [0.15, 0.2) is 35.6 Å². The summed E-state index contributed by atoms with van der Waals surface area (Å²) in [5.74, 6) is -2.54. The monoisotopic (exact) mass is 575 g/mol. The average Bonchev–Trinajstić information content (AvgIpc) is 2.87. The fourth-order valence-electron chi connectivity index (χ4n) is 3.86. The normalized spacial score (nSPS) is 11.0. The third kappa shape index (κ3) is 6.14. The van der Waals surface area contributed by atoms with Gasteiger partial charge in [-0.3, -0.25) is 24.6 Å². The number of amides is 4. The predicted molar refractivity (Wildman–Crippen MR) is 154 cm³/mol. The molecule has 3 heterocycles. The Labute approximate surface area is 237 Å². The zero-order valence-corrected chi connectivity index (χ0v) is 23.3. The van der Waals surface area contributed by atoms with Crippen molar-refractivity contribution in [3.8, 4) is 5.88 Å². The van der Waals surface area contributed by atoms with Crippen molar-refractivity contribution >= 4 is 97.9 Å². The molecule has 1 aromatic carbocycles. The Kier molecular flexibility index (Phi) is 8.12. The van der Waals surface area contributed by atoms with Crippen LogP contribution in [0.3, 0.4) is 0 Å². The quantitative estimate of drug-likeness (QED) is 0.122. The van der Waals surface area contributed by atoms with Gasteiger partial charge in [0.2, 0.25) is 23.6 Å². The van der Waals surface area contributed by atoms with E-state index in [9.17, 15) is 19.2 Å². The molecule has 0 aliphatic rings. The molecule has 17 heteroatoms. The Hall–Kier alpha value is -5.87. The molecule has 42 heavy (non-hydrogen) atoms. The number of benzene rings is 1. The van der Waals surface area contributed by atoms with E-state index in [1.165, 1.54) is 47.8 Å². The van der Waals surface area contributed by atoms with Crippen molar-refractivity contribution in [1.82, 2.24) is 24.9 Å². The fraction of sp³-hybridized carbons (Fsp3) is 0.240. The summed E-state index contributed by atoms with van der Waals surface area (Å²) in [6, 6.07) is 1.53. The number of nitrogens with one attached hydrogen (secondary N) is 5. The minimum Gasteiger partial charge on any atom is -0.486 e. The van der Waals surface area contributed by atoms with E-state index in [4.69, 9.17) is 14.9 Å². The topological polar surface area (TPSA) is 236 Å². The molecule has 0 atom stereocenters. The molecule has 0 saturated carbocycles. The van der Waals surface area contributed by atoms with Gasteiger partial charge in [0.25, 0.3) is 5.88 Å². The predicted octanol–water partition coefficient (Wildman–Crippen LogP) is 2.64. The van der Waals surface area contributed by atoms with E-state index in [1.807, 2.05) is 0 Å². The SMILES string of the molecule is COC=Nc1nc2c(cc1NC(C)=O)c1nc(NC(C)=O)c(NC(C)=O)nc1c1nc(NC(C)=O)c(OC(C)=N)nc21. The molecule has 0 radical (unpaired) electrons. The number of aromatic nitrogens is 5. The van der Waals surface area contributed by atoms with E-state index in [2.05, 4.69) is 51.2 Å². The summed E-state index contributed by atoms with van der Waals surface area (Å²) in [6.07, 6.45) is 1.12. The second-order valence-corrected chi connectivity index (χ2v) is 8.80. The van der Waals surface area contributed by atoms with Gasteiger partial charge in [-0.2, -0.15) is 4.99 Å². The van der Waals surface area contributed by atoms with E-state index in [-0.39, 0.29) is 68.3 Å². The Bertz CT molecular complexity index is 1800. The van der Waals surface area contributed by atoms with E-state index < -0.39 is 23.6 Å². The molecule has 0 saturated heterocycles. The van der Waals surface area contributed by atoms with Crippen LogP contribution in [0.15, 0.2) is 11.1 Å². The first-order valence-electron chi connectivity index (χ1n) is 12.2. The second-order valence-electron chi connectivity index (χ2n) is 8.80. The lowest BCUT2D eigenvalue weighted by Crippen LogP contribution is -2.16. The van der Waals surface area contributed by atoms with Crippen molar-refractivity contribution in [2.75, 3.05) is 28.4 Å². The first kappa shape index (κ1) is 29.1. The highest BCUT2D eigenvalue weighted by Gasteiger charge is 2.24. The number of carbonyl (C=O) groups is 4. The van der Waals surface area contributed by atoms with E-state index >= 15 is 0 Å². The molecule has 3 aromatic heterocycles. The number of fused-ring (bicyclic) bond motifs is 6. The second kappa shape index (κ2) is 11.7. The molecular formula is C25H25N11O6. The molecule has 4 amide bonds. The van der Waals surface area contributed by atoms with E-state index in [1.54, 1.807) is 0 Å². The molecule has 0 bridgehead atoms. The highest BCUT2D eigenvalue weighted by molar-refractivity contribution is 6.22. The molecule has 0 aliphatic heterocycles. The van der Waals surface area contributed by atoms with Gasteiger partial charge in [0, 0.05) is 40.0 Å². The number of methoxy groups -OCH3 is 1. The lowest BCUT2D eigenvalue weighted by Gasteiger charge is -2.16. The van der Waals surface area contributed by atoms with Crippen molar-refractivity contribution in [2.45, 2.75) is 34.6 Å². The Morgan fingerprint density at radius 3 is 1.74 bits per heavy atom. The van der Waals surface area contributed by atoms with Crippen LogP contribution in [0.25, 0.3) is 33.0 Å². The van der Waals surface area contributed by atoms with Gasteiger partial charge in [0.05, 0.1) is 12.8 Å². The summed E-state index contributed by atoms with van der Waals surface area (Å²) in [6.45, 7) is 6.44. The first-order valence-corrected chi connectivity index (χ1v) is 12.2. The summed E-state index contributed by atoms with van der Waals surface area (Å²) in [5.41, 5.74) is 0.771. The van der Waals surface area contributed by atoms with Crippen LogP contribution in [0.1, 0.15) is 34.6 Å². The van der Waals surface area contributed by atoms with Crippen LogP contribution in [0.2, 0.25) is 0 Å². The summed E-state index contributed by atoms with van der Waals surface area (Å²) in [4.78, 5) is 74.9. The van der Waals surface area contributed by atoms with Crippen LogP contribution in [-0.2, 0) is 23.9 Å². The average molecular weight is 576 g/mol. The number of pyridine rings is 1.